The Balaban J connectivity index is 1.31. The van der Waals surface area contributed by atoms with Gasteiger partial charge in [0.15, 0.2) is 0 Å². The Bertz CT molecular complexity index is 678. The molecule has 2 aromatic rings. The summed E-state index contributed by atoms with van der Waals surface area (Å²) in [5.41, 5.74) is 1.02. The molecule has 0 bridgehead atoms. The van der Waals surface area contributed by atoms with E-state index in [0.717, 1.165) is 30.2 Å². The Labute approximate surface area is 146 Å². The lowest BCUT2D eigenvalue weighted by Gasteiger charge is -2.27. The lowest BCUT2D eigenvalue weighted by Crippen LogP contribution is -2.50. The van der Waals surface area contributed by atoms with E-state index in [-0.39, 0.29) is 11.9 Å². The van der Waals surface area contributed by atoms with Crippen LogP contribution in [-0.2, 0) is 16.0 Å². The predicted molar refractivity (Wildman–Crippen MR) is 95.3 cm³/mol. The number of aryl methyl sites for hydroxylation is 1. The molecule has 1 aromatic carbocycles. The quantitative estimate of drug-likeness (QED) is 0.903. The highest BCUT2D eigenvalue weighted by Gasteiger charge is 2.35. The number of benzene rings is 1. The van der Waals surface area contributed by atoms with Crippen LogP contribution < -0.4 is 5.32 Å². The third-order valence-corrected chi connectivity index (χ3v) is 6.01. The van der Waals surface area contributed by atoms with Gasteiger partial charge in [0.05, 0.1) is 40.5 Å². The second-order valence-corrected chi connectivity index (χ2v) is 7.71. The fraction of sp³-hybridized carbons (Fsp3) is 0.556. The van der Waals surface area contributed by atoms with E-state index in [1.807, 2.05) is 18.2 Å². The maximum Gasteiger partial charge on any atom is 0.220 e. The van der Waals surface area contributed by atoms with Gasteiger partial charge >= 0.3 is 0 Å². The molecule has 2 atom stereocenters. The summed E-state index contributed by atoms with van der Waals surface area (Å²) in [4.78, 5) is 19.4. The molecule has 1 amide bonds. The maximum atomic E-state index is 12.3. The van der Waals surface area contributed by atoms with Crippen LogP contribution in [0.5, 0.6) is 0 Å². The fourth-order valence-electron chi connectivity index (χ4n) is 3.64. The van der Waals surface area contributed by atoms with Gasteiger partial charge in [0.1, 0.15) is 0 Å². The molecule has 0 spiro atoms. The summed E-state index contributed by atoms with van der Waals surface area (Å²) < 4.78 is 6.81. The summed E-state index contributed by atoms with van der Waals surface area (Å²) in [7, 11) is 0. The SMILES string of the molecule is O=C(CCc1nc2ccccc2s1)N[C@H]1COC[C@@H]1N1CCCC1. The van der Waals surface area contributed by atoms with Crippen molar-refractivity contribution < 1.29 is 9.53 Å². The van der Waals surface area contributed by atoms with Crippen molar-refractivity contribution in [1.82, 2.24) is 15.2 Å². The molecule has 4 rings (SSSR count). The molecule has 0 radical (unpaired) electrons. The third kappa shape index (κ3) is 3.45. The first-order chi connectivity index (χ1) is 11.8. The minimum Gasteiger partial charge on any atom is -0.378 e. The van der Waals surface area contributed by atoms with Crippen molar-refractivity contribution in [2.24, 2.45) is 0 Å². The largest absolute Gasteiger partial charge is 0.378 e. The van der Waals surface area contributed by atoms with Crippen molar-refractivity contribution in [1.29, 1.82) is 0 Å². The fourth-order valence-corrected chi connectivity index (χ4v) is 4.61. The number of likely N-dealkylation sites (tertiary alicyclic amines) is 1. The topological polar surface area (TPSA) is 54.5 Å². The molecule has 6 heteroatoms. The zero-order valence-electron chi connectivity index (χ0n) is 13.7. The smallest absolute Gasteiger partial charge is 0.220 e. The van der Waals surface area contributed by atoms with E-state index in [0.29, 0.717) is 25.5 Å². The van der Waals surface area contributed by atoms with Gasteiger partial charge in [-0.2, -0.15) is 0 Å². The monoisotopic (exact) mass is 345 g/mol. The number of nitrogens with one attached hydrogen (secondary N) is 1. The van der Waals surface area contributed by atoms with Crippen LogP contribution in [-0.4, -0.2) is 54.2 Å². The summed E-state index contributed by atoms with van der Waals surface area (Å²) >= 11 is 1.68. The van der Waals surface area contributed by atoms with Gasteiger partial charge < -0.3 is 10.1 Å². The Morgan fingerprint density at radius 3 is 2.96 bits per heavy atom. The zero-order chi connectivity index (χ0) is 16.4. The van der Waals surface area contributed by atoms with Gasteiger partial charge in [-0.3, -0.25) is 9.69 Å². The molecular weight excluding hydrogens is 322 g/mol. The molecule has 2 saturated heterocycles. The number of carbonyl (C=O) groups is 1. The highest BCUT2D eigenvalue weighted by Crippen LogP contribution is 2.23. The van der Waals surface area contributed by atoms with Gasteiger partial charge in [0, 0.05) is 12.8 Å². The van der Waals surface area contributed by atoms with Crippen molar-refractivity contribution >= 4 is 27.5 Å². The second-order valence-electron chi connectivity index (χ2n) is 6.60. The number of ether oxygens (including phenoxy) is 1. The van der Waals surface area contributed by atoms with Crippen LogP contribution >= 0.6 is 11.3 Å². The van der Waals surface area contributed by atoms with Gasteiger partial charge in [-0.05, 0) is 38.1 Å². The van der Waals surface area contributed by atoms with E-state index < -0.39 is 0 Å². The number of nitrogens with zero attached hydrogens (tertiary/aromatic N) is 2. The summed E-state index contributed by atoms with van der Waals surface area (Å²) in [5.74, 6) is 0.106. The van der Waals surface area contributed by atoms with Crippen molar-refractivity contribution in [2.75, 3.05) is 26.3 Å². The zero-order valence-corrected chi connectivity index (χ0v) is 14.6. The molecule has 2 aliphatic rings. The van der Waals surface area contributed by atoms with E-state index in [4.69, 9.17) is 4.74 Å². The number of fused-ring (bicyclic) bond motifs is 1. The molecule has 5 nitrogen and oxygen atoms in total. The van der Waals surface area contributed by atoms with Crippen LogP contribution in [0.1, 0.15) is 24.3 Å². The van der Waals surface area contributed by atoms with E-state index in [1.54, 1.807) is 11.3 Å². The number of amides is 1. The molecule has 2 fully saturated rings. The lowest BCUT2D eigenvalue weighted by atomic mass is 10.1. The Morgan fingerprint density at radius 1 is 1.29 bits per heavy atom. The molecule has 1 aromatic heterocycles. The molecule has 128 valence electrons. The van der Waals surface area contributed by atoms with Crippen LogP contribution in [0.15, 0.2) is 24.3 Å². The summed E-state index contributed by atoms with van der Waals surface area (Å²) in [6.45, 7) is 3.63. The first-order valence-electron chi connectivity index (χ1n) is 8.75. The minimum absolute atomic E-state index is 0.106. The number of para-hydroxylation sites is 1. The number of aromatic nitrogens is 1. The molecule has 2 aliphatic heterocycles. The second kappa shape index (κ2) is 7.17. The summed E-state index contributed by atoms with van der Waals surface area (Å²) in [5, 5.41) is 4.21. The normalized spacial score (nSPS) is 24.7. The number of rotatable bonds is 5. The molecule has 3 heterocycles. The Kier molecular flexibility index (Phi) is 4.78. The van der Waals surface area contributed by atoms with Crippen molar-refractivity contribution in [3.8, 4) is 0 Å². The Morgan fingerprint density at radius 2 is 2.12 bits per heavy atom. The first-order valence-corrected chi connectivity index (χ1v) is 9.57. The Hall–Kier alpha value is -1.50. The van der Waals surface area contributed by atoms with Crippen molar-refractivity contribution in [3.05, 3.63) is 29.3 Å². The molecule has 1 N–H and O–H groups in total. The van der Waals surface area contributed by atoms with Crippen LogP contribution in [0.2, 0.25) is 0 Å². The van der Waals surface area contributed by atoms with Gasteiger partial charge in [-0.25, -0.2) is 4.98 Å². The van der Waals surface area contributed by atoms with Gasteiger partial charge in [0.2, 0.25) is 5.91 Å². The van der Waals surface area contributed by atoms with Gasteiger partial charge in [-0.1, -0.05) is 12.1 Å². The standard InChI is InChI=1S/C18H23N3O2S/c22-17(7-8-18-20-13-5-1-2-6-16(13)24-18)19-14-11-23-12-15(14)21-9-3-4-10-21/h1-2,5-6,14-15H,3-4,7-12H2,(H,19,22)/t14-,15-/m0/s1. The van der Waals surface area contributed by atoms with Gasteiger partial charge in [0.25, 0.3) is 0 Å². The molecule has 24 heavy (non-hydrogen) atoms. The highest BCUT2D eigenvalue weighted by atomic mass is 32.1. The van der Waals surface area contributed by atoms with E-state index in [1.165, 1.54) is 17.5 Å². The number of thiazole rings is 1. The number of hydrogen-bond acceptors (Lipinski definition) is 5. The van der Waals surface area contributed by atoms with Crippen molar-refractivity contribution in [3.63, 3.8) is 0 Å². The molecule has 0 aliphatic carbocycles. The van der Waals surface area contributed by atoms with E-state index in [2.05, 4.69) is 21.3 Å². The first kappa shape index (κ1) is 16.0. The minimum atomic E-state index is 0.106. The highest BCUT2D eigenvalue weighted by molar-refractivity contribution is 7.18. The van der Waals surface area contributed by atoms with Crippen molar-refractivity contribution in [2.45, 2.75) is 37.8 Å². The van der Waals surface area contributed by atoms with Crippen LogP contribution in [0.4, 0.5) is 0 Å². The van der Waals surface area contributed by atoms with Gasteiger partial charge in [-0.15, -0.1) is 11.3 Å². The van der Waals surface area contributed by atoms with Crippen LogP contribution in [0.3, 0.4) is 0 Å². The average molecular weight is 345 g/mol. The summed E-state index contributed by atoms with van der Waals surface area (Å²) in [6.07, 6.45) is 3.71. The van der Waals surface area contributed by atoms with E-state index in [9.17, 15) is 4.79 Å². The number of hydrogen-bond donors (Lipinski definition) is 1. The van der Waals surface area contributed by atoms with Crippen LogP contribution in [0, 0.1) is 0 Å². The van der Waals surface area contributed by atoms with E-state index >= 15 is 0 Å². The lowest BCUT2D eigenvalue weighted by molar-refractivity contribution is -0.122. The predicted octanol–water partition coefficient (Wildman–Crippen LogP) is 2.21. The summed E-state index contributed by atoms with van der Waals surface area (Å²) in [6, 6.07) is 8.59. The molecule has 0 unspecified atom stereocenters. The molecule has 0 saturated carbocycles. The maximum absolute atomic E-state index is 12.3. The number of carbonyl (C=O) groups excluding carboxylic acids is 1. The molecular formula is C18H23N3O2S. The third-order valence-electron chi connectivity index (χ3n) is 4.91. The van der Waals surface area contributed by atoms with Crippen LogP contribution in [0.25, 0.3) is 10.2 Å². The average Bonchev–Trinajstić information content (AvgIpc) is 3.32.